The molecule has 0 bridgehead atoms. The number of carbonyl (C=O) groups is 1. The van der Waals surface area contributed by atoms with Gasteiger partial charge in [-0.3, -0.25) is 0 Å². The van der Waals surface area contributed by atoms with E-state index in [1.165, 1.54) is 24.8 Å². The molecular formula is C24H26FN5O3. The first-order valence-electron chi connectivity index (χ1n) is 11.1. The van der Waals surface area contributed by atoms with Gasteiger partial charge in [0.05, 0.1) is 35.5 Å². The molecule has 2 aromatic heterocycles. The second-order valence-electron chi connectivity index (χ2n) is 10.2. The van der Waals surface area contributed by atoms with E-state index in [0.29, 0.717) is 25.1 Å². The van der Waals surface area contributed by atoms with Crippen LogP contribution in [0.4, 0.5) is 15.1 Å². The highest BCUT2D eigenvalue weighted by molar-refractivity contribution is 5.88. The summed E-state index contributed by atoms with van der Waals surface area (Å²) < 4.78 is 27.5. The molecule has 2 atom stereocenters. The molecule has 172 valence electrons. The normalized spacial score (nSPS) is 25.5. The number of nitriles is 1. The fourth-order valence-corrected chi connectivity index (χ4v) is 5.28. The highest BCUT2D eigenvalue weighted by Crippen LogP contribution is 2.48. The lowest BCUT2D eigenvalue weighted by Crippen LogP contribution is -2.45. The van der Waals surface area contributed by atoms with Crippen LogP contribution in [0.1, 0.15) is 57.7 Å². The molecule has 1 aromatic carbocycles. The molecule has 8 nitrogen and oxygen atoms in total. The summed E-state index contributed by atoms with van der Waals surface area (Å²) in [5.74, 6) is 0.203. The van der Waals surface area contributed by atoms with Gasteiger partial charge < -0.3 is 13.8 Å². The van der Waals surface area contributed by atoms with E-state index in [9.17, 15) is 14.4 Å². The van der Waals surface area contributed by atoms with E-state index in [1.54, 1.807) is 12.4 Å². The number of anilines is 1. The fourth-order valence-electron chi connectivity index (χ4n) is 5.28. The van der Waals surface area contributed by atoms with Gasteiger partial charge in [0.15, 0.2) is 5.67 Å². The fraction of sp³-hybridized carbons (Fsp3) is 0.500. The van der Waals surface area contributed by atoms with Crippen molar-refractivity contribution in [2.75, 3.05) is 11.4 Å². The monoisotopic (exact) mass is 451 g/mol. The summed E-state index contributed by atoms with van der Waals surface area (Å²) in [5, 5.41) is 13.0. The van der Waals surface area contributed by atoms with Crippen LogP contribution in [0, 0.1) is 16.7 Å². The Morgan fingerprint density at radius 1 is 1.30 bits per heavy atom. The summed E-state index contributed by atoms with van der Waals surface area (Å²) >= 11 is 0. The van der Waals surface area contributed by atoms with Crippen molar-refractivity contribution in [2.24, 2.45) is 5.41 Å². The van der Waals surface area contributed by atoms with E-state index in [1.807, 2.05) is 12.1 Å². The van der Waals surface area contributed by atoms with Crippen molar-refractivity contribution in [2.45, 2.75) is 64.3 Å². The number of halogens is 1. The maximum atomic E-state index is 14.2. The third-order valence-electron chi connectivity index (χ3n) is 6.81. The van der Waals surface area contributed by atoms with Crippen molar-refractivity contribution in [3.05, 3.63) is 41.9 Å². The van der Waals surface area contributed by atoms with Gasteiger partial charge in [-0.05, 0) is 63.1 Å². The number of nitrogens with zero attached hydrogens (tertiary/aromatic N) is 5. The number of imidazole rings is 1. The maximum absolute atomic E-state index is 14.2. The average molecular weight is 452 g/mol. The molecule has 1 spiro atoms. The Kier molecular flexibility index (Phi) is 4.74. The molecule has 0 unspecified atom stereocenters. The van der Waals surface area contributed by atoms with Gasteiger partial charge in [0.25, 0.3) is 0 Å². The molecule has 0 N–H and O–H groups in total. The summed E-state index contributed by atoms with van der Waals surface area (Å²) in [6, 6.07) is 9.13. The minimum absolute atomic E-state index is 0.141. The van der Waals surface area contributed by atoms with Crippen molar-refractivity contribution in [1.29, 1.82) is 5.26 Å². The van der Waals surface area contributed by atoms with Gasteiger partial charge in [-0.15, -0.1) is 0 Å². The van der Waals surface area contributed by atoms with E-state index >= 15 is 0 Å². The zero-order valence-corrected chi connectivity index (χ0v) is 19.0. The highest BCUT2D eigenvalue weighted by atomic mass is 19.1. The van der Waals surface area contributed by atoms with Crippen LogP contribution in [0.5, 0.6) is 0 Å². The van der Waals surface area contributed by atoms with Crippen LogP contribution >= 0.6 is 0 Å². The standard InChI is InChI=1S/C24H26FN5O3/c1-22(2,25)19-10-20(33-28-19)30-14-24(32-21(30)31)8-4-7-23(3,12-24)13-29-15-27-17-6-5-16(11-26)9-18(17)29/h5-6,9-10,15H,4,7-8,12-14H2,1-3H3/t23-,24-/m0/s1. The first kappa shape index (κ1) is 21.4. The van der Waals surface area contributed by atoms with Crippen molar-refractivity contribution in [3.8, 4) is 6.07 Å². The molecule has 1 amide bonds. The molecular weight excluding hydrogens is 425 g/mol. The number of carbonyl (C=O) groups excluding carboxylic acids is 1. The van der Waals surface area contributed by atoms with Crippen molar-refractivity contribution < 1.29 is 18.4 Å². The van der Waals surface area contributed by atoms with Gasteiger partial charge in [0.2, 0.25) is 5.88 Å². The number of benzene rings is 1. The molecule has 9 heteroatoms. The topological polar surface area (TPSA) is 97.2 Å². The van der Waals surface area contributed by atoms with Crippen molar-refractivity contribution >= 4 is 23.0 Å². The molecule has 0 radical (unpaired) electrons. The SMILES string of the molecule is CC(C)(F)c1cc(N2C[C@@]3(CCC[C@](C)(Cn4cnc5ccc(C#N)cc54)C3)OC2=O)on1. The zero-order valence-electron chi connectivity index (χ0n) is 19.0. The molecule has 1 saturated heterocycles. The quantitative estimate of drug-likeness (QED) is 0.549. The summed E-state index contributed by atoms with van der Waals surface area (Å²) in [4.78, 5) is 18.6. The van der Waals surface area contributed by atoms with Crippen LogP contribution in [-0.2, 0) is 17.0 Å². The molecule has 5 rings (SSSR count). The molecule has 33 heavy (non-hydrogen) atoms. The summed E-state index contributed by atoms with van der Waals surface area (Å²) in [6.07, 6.45) is 4.63. The van der Waals surface area contributed by atoms with Crippen LogP contribution < -0.4 is 4.90 Å². The second-order valence-corrected chi connectivity index (χ2v) is 10.2. The Hall–Kier alpha value is -3.41. The van der Waals surface area contributed by atoms with E-state index < -0.39 is 17.4 Å². The Labute approximate surface area is 190 Å². The zero-order chi connectivity index (χ0) is 23.4. The number of rotatable bonds is 4. The Morgan fingerprint density at radius 2 is 2.12 bits per heavy atom. The van der Waals surface area contributed by atoms with Gasteiger partial charge >= 0.3 is 6.09 Å². The van der Waals surface area contributed by atoms with Gasteiger partial charge in [0.1, 0.15) is 11.3 Å². The third-order valence-corrected chi connectivity index (χ3v) is 6.81. The second kappa shape index (κ2) is 7.30. The Bertz CT molecular complexity index is 1270. The molecule has 1 saturated carbocycles. The number of hydrogen-bond acceptors (Lipinski definition) is 6. The average Bonchev–Trinajstić information content (AvgIpc) is 3.45. The molecule has 3 aromatic rings. The van der Waals surface area contributed by atoms with E-state index in [4.69, 9.17) is 9.26 Å². The number of aromatic nitrogens is 3. The molecule has 1 aliphatic heterocycles. The van der Waals surface area contributed by atoms with Gasteiger partial charge in [-0.1, -0.05) is 12.1 Å². The summed E-state index contributed by atoms with van der Waals surface area (Å²) in [6.45, 7) is 6.02. The highest BCUT2D eigenvalue weighted by Gasteiger charge is 2.52. The predicted octanol–water partition coefficient (Wildman–Crippen LogP) is 5.08. The Balaban J connectivity index is 1.38. The summed E-state index contributed by atoms with van der Waals surface area (Å²) in [7, 11) is 0. The van der Waals surface area contributed by atoms with Crippen molar-refractivity contribution in [3.63, 3.8) is 0 Å². The Morgan fingerprint density at radius 3 is 2.85 bits per heavy atom. The van der Waals surface area contributed by atoms with Gasteiger partial charge in [-0.25, -0.2) is 19.1 Å². The van der Waals surface area contributed by atoms with Crippen LogP contribution in [0.25, 0.3) is 11.0 Å². The maximum Gasteiger partial charge on any atom is 0.417 e. The first-order chi connectivity index (χ1) is 15.6. The molecule has 3 heterocycles. The molecule has 2 aliphatic rings. The number of alkyl halides is 1. The molecule has 2 fully saturated rings. The minimum Gasteiger partial charge on any atom is -0.441 e. The van der Waals surface area contributed by atoms with Crippen LogP contribution in [0.2, 0.25) is 0 Å². The van der Waals surface area contributed by atoms with E-state index in [-0.39, 0.29) is 17.0 Å². The van der Waals surface area contributed by atoms with Gasteiger partial charge in [-0.2, -0.15) is 5.26 Å². The third kappa shape index (κ3) is 3.84. The van der Waals surface area contributed by atoms with E-state index in [0.717, 1.165) is 30.3 Å². The lowest BCUT2D eigenvalue weighted by Gasteiger charge is -2.43. The van der Waals surface area contributed by atoms with Crippen molar-refractivity contribution in [1.82, 2.24) is 14.7 Å². The molecule has 1 aliphatic carbocycles. The van der Waals surface area contributed by atoms with E-state index in [2.05, 4.69) is 27.7 Å². The minimum atomic E-state index is -1.66. The lowest BCUT2D eigenvalue weighted by molar-refractivity contribution is -0.0264. The number of amides is 1. The van der Waals surface area contributed by atoms with Gasteiger partial charge in [0, 0.05) is 12.6 Å². The number of ether oxygens (including phenoxy) is 1. The van der Waals surface area contributed by atoms with Crippen LogP contribution in [0.3, 0.4) is 0 Å². The summed E-state index contributed by atoms with van der Waals surface area (Å²) in [5.41, 5.74) is 0.0583. The first-order valence-corrected chi connectivity index (χ1v) is 11.1. The lowest BCUT2D eigenvalue weighted by atomic mass is 9.68. The number of hydrogen-bond donors (Lipinski definition) is 0. The smallest absolute Gasteiger partial charge is 0.417 e. The number of fused-ring (bicyclic) bond motifs is 1. The van der Waals surface area contributed by atoms with Crippen LogP contribution in [-0.4, -0.2) is 32.9 Å². The van der Waals surface area contributed by atoms with Crippen LogP contribution in [0.15, 0.2) is 35.1 Å². The predicted molar refractivity (Wildman–Crippen MR) is 118 cm³/mol. The largest absolute Gasteiger partial charge is 0.441 e.